The predicted octanol–water partition coefficient (Wildman–Crippen LogP) is 5.30. The number of nitrogens with one attached hydrogen (secondary N) is 1. The molecule has 8 heteroatoms. The lowest BCUT2D eigenvalue weighted by Crippen LogP contribution is -2.33. The van der Waals surface area contributed by atoms with E-state index in [9.17, 15) is 4.79 Å². The number of fused-ring (bicyclic) bond motifs is 1. The molecule has 182 valence electrons. The molecule has 0 unspecified atom stereocenters. The van der Waals surface area contributed by atoms with Crippen molar-refractivity contribution < 1.29 is 14.3 Å². The molecule has 1 saturated heterocycles. The molecule has 7 nitrogen and oxygen atoms in total. The number of carbonyl (C=O) groups excluding carboxylic acids is 1. The van der Waals surface area contributed by atoms with Crippen LogP contribution in [-0.2, 0) is 11.3 Å². The third-order valence-electron chi connectivity index (χ3n) is 6.04. The zero-order valence-electron chi connectivity index (χ0n) is 20.0. The third-order valence-corrected chi connectivity index (χ3v) is 6.98. The largest absolute Gasteiger partial charge is 0.493 e. The van der Waals surface area contributed by atoms with E-state index in [1.165, 1.54) is 24.6 Å². The highest BCUT2D eigenvalue weighted by Gasteiger charge is 2.17. The van der Waals surface area contributed by atoms with E-state index in [-0.39, 0.29) is 0 Å². The molecule has 3 N–H and O–H groups in total. The van der Waals surface area contributed by atoms with Crippen molar-refractivity contribution in [3.8, 4) is 17.0 Å². The Hall–Kier alpha value is -2.84. The van der Waals surface area contributed by atoms with Gasteiger partial charge in [-0.2, -0.15) is 11.8 Å². The summed E-state index contributed by atoms with van der Waals surface area (Å²) in [6.45, 7) is 9.11. The Bertz CT molecular complexity index is 1120. The highest BCUT2D eigenvalue weighted by Crippen LogP contribution is 2.38. The van der Waals surface area contributed by atoms with Gasteiger partial charge in [-0.25, -0.2) is 4.79 Å². The molecule has 0 saturated carbocycles. The van der Waals surface area contributed by atoms with E-state index in [0.29, 0.717) is 18.9 Å². The Balaban J connectivity index is 1.52. The normalized spacial score (nSPS) is 14.3. The highest BCUT2D eigenvalue weighted by molar-refractivity contribution is 7.99. The van der Waals surface area contributed by atoms with Gasteiger partial charge in [-0.15, -0.1) is 0 Å². The number of hydrogen-bond donors (Lipinski definition) is 2. The van der Waals surface area contributed by atoms with Gasteiger partial charge in [-0.05, 0) is 44.5 Å². The third kappa shape index (κ3) is 5.62. The maximum atomic E-state index is 11.8. The first-order chi connectivity index (χ1) is 16.6. The summed E-state index contributed by atoms with van der Waals surface area (Å²) in [5.74, 6) is 3.33. The fourth-order valence-electron chi connectivity index (χ4n) is 4.42. The molecule has 2 heterocycles. The molecular formula is C26H34N4O3S. The van der Waals surface area contributed by atoms with Gasteiger partial charge in [0.2, 0.25) is 0 Å². The first-order valence-electron chi connectivity index (χ1n) is 12.0. The quantitative estimate of drug-likeness (QED) is 0.403. The predicted molar refractivity (Wildman–Crippen MR) is 142 cm³/mol. The fraction of sp³-hybridized carbons (Fsp3) is 0.423. The van der Waals surface area contributed by atoms with Crippen molar-refractivity contribution in [3.63, 3.8) is 0 Å². The van der Waals surface area contributed by atoms with E-state index in [4.69, 9.17) is 15.2 Å². The van der Waals surface area contributed by atoms with Crippen molar-refractivity contribution in [1.29, 1.82) is 0 Å². The summed E-state index contributed by atoms with van der Waals surface area (Å²) < 4.78 is 13.3. The van der Waals surface area contributed by atoms with Crippen molar-refractivity contribution in [1.82, 2.24) is 9.47 Å². The first-order valence-corrected chi connectivity index (χ1v) is 13.1. The molecule has 2 aromatic carbocycles. The summed E-state index contributed by atoms with van der Waals surface area (Å²) >= 11 is 2.04. The van der Waals surface area contributed by atoms with Crippen LogP contribution in [0.1, 0.15) is 20.3 Å². The summed E-state index contributed by atoms with van der Waals surface area (Å²) in [6.07, 6.45) is 0.551. The van der Waals surface area contributed by atoms with Gasteiger partial charge in [-0.3, -0.25) is 5.32 Å². The molecule has 0 spiro atoms. The van der Waals surface area contributed by atoms with E-state index in [1.807, 2.05) is 48.2 Å². The SMILES string of the molecule is CCOC(=O)Nc1cccc(-c2c(N)c3ccc(OCCCN4CCSCC4)cc3n2CC)c1. The van der Waals surface area contributed by atoms with Crippen LogP contribution in [0.15, 0.2) is 42.5 Å². The molecule has 1 aliphatic heterocycles. The number of thioether (sulfide) groups is 1. The molecule has 1 fully saturated rings. The van der Waals surface area contributed by atoms with Crippen LogP contribution in [0.25, 0.3) is 22.2 Å². The Labute approximate surface area is 205 Å². The number of anilines is 2. The second-order valence-corrected chi connectivity index (χ2v) is 9.49. The van der Waals surface area contributed by atoms with Crippen LogP contribution in [-0.4, -0.2) is 59.9 Å². The molecule has 4 rings (SSSR count). The number of aryl methyl sites for hydroxylation is 1. The van der Waals surface area contributed by atoms with Gasteiger partial charge < -0.3 is 24.7 Å². The van der Waals surface area contributed by atoms with Crippen LogP contribution in [0.4, 0.5) is 16.2 Å². The number of nitrogens with zero attached hydrogens (tertiary/aromatic N) is 2. The monoisotopic (exact) mass is 482 g/mol. The molecular weight excluding hydrogens is 448 g/mol. The van der Waals surface area contributed by atoms with Crippen molar-refractivity contribution in [3.05, 3.63) is 42.5 Å². The van der Waals surface area contributed by atoms with Crippen LogP contribution in [0.5, 0.6) is 5.75 Å². The van der Waals surface area contributed by atoms with E-state index >= 15 is 0 Å². The fourth-order valence-corrected chi connectivity index (χ4v) is 5.40. The van der Waals surface area contributed by atoms with Gasteiger partial charge in [0, 0.05) is 60.4 Å². The van der Waals surface area contributed by atoms with Crippen molar-refractivity contribution in [2.24, 2.45) is 0 Å². The Morgan fingerprint density at radius 2 is 1.97 bits per heavy atom. The molecule has 34 heavy (non-hydrogen) atoms. The second-order valence-electron chi connectivity index (χ2n) is 8.27. The van der Waals surface area contributed by atoms with Crippen LogP contribution < -0.4 is 15.8 Å². The van der Waals surface area contributed by atoms with E-state index in [1.54, 1.807) is 6.92 Å². The molecule has 1 aliphatic rings. The molecule has 1 aromatic heterocycles. The Morgan fingerprint density at radius 3 is 2.74 bits per heavy atom. The summed E-state index contributed by atoms with van der Waals surface area (Å²) in [7, 11) is 0. The minimum absolute atomic E-state index is 0.324. The number of ether oxygens (including phenoxy) is 2. The van der Waals surface area contributed by atoms with Gasteiger partial charge in [0.25, 0.3) is 0 Å². The summed E-state index contributed by atoms with van der Waals surface area (Å²) in [4.78, 5) is 14.4. The van der Waals surface area contributed by atoms with Gasteiger partial charge >= 0.3 is 6.09 Å². The standard InChI is InChI=1S/C26H34N4O3S/c1-3-30-23-18-21(33-14-6-11-29-12-15-34-16-13-29)9-10-22(23)24(27)25(30)19-7-5-8-20(17-19)28-26(31)32-4-2/h5,7-10,17-18H,3-4,6,11-16,27H2,1-2H3,(H,28,31). The number of hydrogen-bond acceptors (Lipinski definition) is 6. The second kappa shape index (κ2) is 11.5. The van der Waals surface area contributed by atoms with Crippen LogP contribution in [0.2, 0.25) is 0 Å². The molecule has 0 bridgehead atoms. The average Bonchev–Trinajstić information content (AvgIpc) is 3.13. The number of rotatable bonds is 9. The molecule has 1 amide bonds. The van der Waals surface area contributed by atoms with Gasteiger partial charge in [0.1, 0.15) is 5.75 Å². The number of benzene rings is 2. The topological polar surface area (TPSA) is 81.8 Å². The summed E-state index contributed by atoms with van der Waals surface area (Å²) in [6, 6.07) is 13.8. The Kier molecular flexibility index (Phi) is 8.24. The smallest absolute Gasteiger partial charge is 0.411 e. The van der Waals surface area contributed by atoms with E-state index in [2.05, 4.69) is 27.8 Å². The lowest BCUT2D eigenvalue weighted by molar-refractivity contribution is 0.168. The molecule has 0 atom stereocenters. The van der Waals surface area contributed by atoms with Crippen LogP contribution >= 0.6 is 11.8 Å². The van der Waals surface area contributed by atoms with Gasteiger partial charge in [0.05, 0.1) is 30.1 Å². The lowest BCUT2D eigenvalue weighted by Gasteiger charge is -2.25. The maximum Gasteiger partial charge on any atom is 0.411 e. The lowest BCUT2D eigenvalue weighted by atomic mass is 10.1. The number of nitrogen functional groups attached to an aromatic ring is 1. The Morgan fingerprint density at radius 1 is 1.15 bits per heavy atom. The van der Waals surface area contributed by atoms with E-state index < -0.39 is 6.09 Å². The minimum Gasteiger partial charge on any atom is -0.493 e. The molecule has 0 aliphatic carbocycles. The van der Waals surface area contributed by atoms with Crippen LogP contribution in [0.3, 0.4) is 0 Å². The van der Waals surface area contributed by atoms with Crippen LogP contribution in [0, 0.1) is 0 Å². The zero-order valence-corrected chi connectivity index (χ0v) is 20.8. The van der Waals surface area contributed by atoms with Gasteiger partial charge in [-0.1, -0.05) is 12.1 Å². The number of amides is 1. The van der Waals surface area contributed by atoms with Crippen molar-refractivity contribution in [2.45, 2.75) is 26.8 Å². The maximum absolute atomic E-state index is 11.8. The highest BCUT2D eigenvalue weighted by atomic mass is 32.2. The van der Waals surface area contributed by atoms with Crippen molar-refractivity contribution in [2.75, 3.05) is 55.4 Å². The average molecular weight is 483 g/mol. The summed E-state index contributed by atoms with van der Waals surface area (Å²) in [5.41, 5.74) is 10.9. The minimum atomic E-state index is -0.468. The van der Waals surface area contributed by atoms with E-state index in [0.717, 1.165) is 53.1 Å². The van der Waals surface area contributed by atoms with Crippen molar-refractivity contribution >= 4 is 40.1 Å². The van der Waals surface area contributed by atoms with Gasteiger partial charge in [0.15, 0.2) is 0 Å². The number of nitrogens with two attached hydrogens (primary N) is 1. The molecule has 3 aromatic rings. The number of aromatic nitrogens is 1. The zero-order chi connectivity index (χ0) is 23.9. The number of carbonyl (C=O) groups is 1. The summed E-state index contributed by atoms with van der Waals surface area (Å²) in [5, 5.41) is 3.77. The molecule has 0 radical (unpaired) electrons. The first kappa shape index (κ1) is 24.3.